The molecule has 0 fully saturated rings. The Hall–Kier alpha value is -0.700. The Labute approximate surface area is 64.3 Å². The number of hydrogen-bond donors (Lipinski definition) is 1. The first-order valence-electron chi connectivity index (χ1n) is 3.09. The number of aryl methyl sites for hydroxylation is 1. The van der Waals surface area contributed by atoms with Crippen molar-refractivity contribution < 1.29 is 4.74 Å². The zero-order valence-electron chi connectivity index (χ0n) is 5.94. The fourth-order valence-corrected chi connectivity index (χ4v) is 0.940. The summed E-state index contributed by atoms with van der Waals surface area (Å²) < 4.78 is 5.18. The predicted octanol–water partition coefficient (Wildman–Crippen LogP) is 1.77. The first kappa shape index (κ1) is 7.41. The number of aromatic nitrogens is 2. The summed E-state index contributed by atoms with van der Waals surface area (Å²) in [6.45, 7) is 4.38. The number of nitrogens with zero attached hydrogens (tertiary/aromatic N) is 1. The van der Waals surface area contributed by atoms with Gasteiger partial charge in [-0.25, -0.2) is 0 Å². The molecule has 10 heavy (non-hydrogen) atoms. The summed E-state index contributed by atoms with van der Waals surface area (Å²) in [5.74, 6) is 0.657. The molecule has 1 N–H and O–H groups in total. The van der Waals surface area contributed by atoms with E-state index in [0.717, 1.165) is 5.69 Å². The van der Waals surface area contributed by atoms with Crippen molar-refractivity contribution in [3.8, 4) is 5.75 Å². The average Bonchev–Trinajstić information content (AvgIpc) is 2.20. The predicted molar refractivity (Wildman–Crippen MR) is 39.5 cm³/mol. The molecule has 0 atom stereocenters. The highest BCUT2D eigenvalue weighted by molar-refractivity contribution is 6.30. The highest BCUT2D eigenvalue weighted by atomic mass is 35.5. The fourth-order valence-electron chi connectivity index (χ4n) is 0.701. The van der Waals surface area contributed by atoms with Gasteiger partial charge < -0.3 is 4.74 Å². The van der Waals surface area contributed by atoms with Gasteiger partial charge in [0.1, 0.15) is 0 Å². The van der Waals surface area contributed by atoms with Gasteiger partial charge in [-0.05, 0) is 13.8 Å². The lowest BCUT2D eigenvalue weighted by Crippen LogP contribution is -1.91. The van der Waals surface area contributed by atoms with Crippen LogP contribution in [0.5, 0.6) is 5.75 Å². The van der Waals surface area contributed by atoms with Crippen LogP contribution in [-0.4, -0.2) is 16.8 Å². The minimum absolute atomic E-state index is 0.402. The Bertz CT molecular complexity index is 202. The number of halogens is 1. The Balaban J connectivity index is 2.87. The van der Waals surface area contributed by atoms with Crippen LogP contribution in [-0.2, 0) is 0 Å². The molecule has 0 aliphatic heterocycles. The number of rotatable bonds is 2. The molecule has 0 unspecified atom stereocenters. The van der Waals surface area contributed by atoms with Crippen molar-refractivity contribution in [1.29, 1.82) is 0 Å². The SMILES string of the molecule is CCOc1c(Cl)n[nH]c1C. The number of nitrogens with one attached hydrogen (secondary N) is 1. The summed E-state index contributed by atoms with van der Waals surface area (Å²) in [5.41, 5.74) is 0.867. The van der Waals surface area contributed by atoms with Gasteiger partial charge in [-0.15, -0.1) is 0 Å². The Morgan fingerprint density at radius 2 is 2.40 bits per heavy atom. The molecule has 0 bridgehead atoms. The van der Waals surface area contributed by atoms with Gasteiger partial charge in [0.2, 0.25) is 0 Å². The second kappa shape index (κ2) is 2.92. The van der Waals surface area contributed by atoms with Crippen LogP contribution in [0.3, 0.4) is 0 Å². The van der Waals surface area contributed by atoms with E-state index in [-0.39, 0.29) is 0 Å². The molecular weight excluding hydrogens is 152 g/mol. The highest BCUT2D eigenvalue weighted by Gasteiger charge is 2.06. The lowest BCUT2D eigenvalue weighted by molar-refractivity contribution is 0.338. The van der Waals surface area contributed by atoms with Gasteiger partial charge in [-0.3, -0.25) is 5.10 Å². The fraction of sp³-hybridized carbons (Fsp3) is 0.500. The quantitative estimate of drug-likeness (QED) is 0.716. The highest BCUT2D eigenvalue weighted by Crippen LogP contribution is 2.24. The van der Waals surface area contributed by atoms with Crippen molar-refractivity contribution in [3.63, 3.8) is 0 Å². The first-order chi connectivity index (χ1) is 4.75. The van der Waals surface area contributed by atoms with Crippen LogP contribution in [0.2, 0.25) is 5.15 Å². The molecule has 0 spiro atoms. The van der Waals surface area contributed by atoms with Gasteiger partial charge >= 0.3 is 0 Å². The zero-order valence-corrected chi connectivity index (χ0v) is 6.70. The number of aromatic amines is 1. The summed E-state index contributed by atoms with van der Waals surface area (Å²) in [7, 11) is 0. The minimum Gasteiger partial charge on any atom is -0.489 e. The van der Waals surface area contributed by atoms with Gasteiger partial charge in [0, 0.05) is 0 Å². The van der Waals surface area contributed by atoms with Crippen molar-refractivity contribution in [2.75, 3.05) is 6.61 Å². The number of ether oxygens (including phenoxy) is 1. The van der Waals surface area contributed by atoms with E-state index >= 15 is 0 Å². The Morgan fingerprint density at radius 3 is 2.80 bits per heavy atom. The van der Waals surface area contributed by atoms with E-state index in [1.807, 2.05) is 13.8 Å². The van der Waals surface area contributed by atoms with E-state index in [1.54, 1.807) is 0 Å². The summed E-state index contributed by atoms with van der Waals surface area (Å²) in [4.78, 5) is 0. The van der Waals surface area contributed by atoms with Crippen LogP contribution < -0.4 is 4.74 Å². The molecule has 1 heterocycles. The molecule has 0 saturated heterocycles. The van der Waals surface area contributed by atoms with Crippen molar-refractivity contribution in [3.05, 3.63) is 10.8 Å². The van der Waals surface area contributed by atoms with Crippen LogP contribution in [0.25, 0.3) is 0 Å². The van der Waals surface area contributed by atoms with E-state index < -0.39 is 0 Å². The average molecular weight is 161 g/mol. The lowest BCUT2D eigenvalue weighted by atomic mass is 10.4. The van der Waals surface area contributed by atoms with E-state index in [2.05, 4.69) is 10.2 Å². The molecule has 0 amide bonds. The van der Waals surface area contributed by atoms with E-state index in [0.29, 0.717) is 17.5 Å². The second-order valence-electron chi connectivity index (χ2n) is 1.90. The molecule has 4 heteroatoms. The zero-order chi connectivity index (χ0) is 7.56. The summed E-state index contributed by atoms with van der Waals surface area (Å²) in [6, 6.07) is 0. The minimum atomic E-state index is 0.402. The van der Waals surface area contributed by atoms with Crippen LogP contribution >= 0.6 is 11.6 Å². The van der Waals surface area contributed by atoms with Gasteiger partial charge in [0.15, 0.2) is 10.9 Å². The van der Waals surface area contributed by atoms with Crippen LogP contribution in [0.1, 0.15) is 12.6 Å². The molecule has 0 radical (unpaired) electrons. The first-order valence-corrected chi connectivity index (χ1v) is 3.46. The lowest BCUT2D eigenvalue weighted by Gasteiger charge is -1.98. The van der Waals surface area contributed by atoms with E-state index in [4.69, 9.17) is 16.3 Å². The van der Waals surface area contributed by atoms with Crippen molar-refractivity contribution in [2.45, 2.75) is 13.8 Å². The maximum Gasteiger partial charge on any atom is 0.193 e. The van der Waals surface area contributed by atoms with Crippen LogP contribution in [0.15, 0.2) is 0 Å². The monoisotopic (exact) mass is 160 g/mol. The van der Waals surface area contributed by atoms with Crippen LogP contribution in [0.4, 0.5) is 0 Å². The normalized spacial score (nSPS) is 9.90. The maximum atomic E-state index is 5.66. The molecule has 0 saturated carbocycles. The summed E-state index contributed by atoms with van der Waals surface area (Å²) >= 11 is 5.66. The smallest absolute Gasteiger partial charge is 0.193 e. The molecule has 56 valence electrons. The van der Waals surface area contributed by atoms with Gasteiger partial charge in [-0.2, -0.15) is 5.10 Å². The molecule has 1 aromatic heterocycles. The third kappa shape index (κ3) is 1.24. The second-order valence-corrected chi connectivity index (χ2v) is 2.26. The third-order valence-electron chi connectivity index (χ3n) is 1.14. The molecule has 0 aliphatic carbocycles. The molecule has 0 aromatic carbocycles. The van der Waals surface area contributed by atoms with E-state index in [1.165, 1.54) is 0 Å². The topological polar surface area (TPSA) is 37.9 Å². The van der Waals surface area contributed by atoms with Gasteiger partial charge in [-0.1, -0.05) is 11.6 Å². The number of H-pyrrole nitrogens is 1. The van der Waals surface area contributed by atoms with Gasteiger partial charge in [0.05, 0.1) is 12.3 Å². The van der Waals surface area contributed by atoms with E-state index in [9.17, 15) is 0 Å². The standard InChI is InChI=1S/C6H9ClN2O/c1-3-10-5-4(2)8-9-6(5)7/h3H2,1-2H3,(H,8,9). The molecule has 0 aliphatic rings. The maximum absolute atomic E-state index is 5.66. The molecule has 1 rings (SSSR count). The third-order valence-corrected chi connectivity index (χ3v) is 1.39. The van der Waals surface area contributed by atoms with Crippen LogP contribution in [0, 0.1) is 6.92 Å². The summed E-state index contributed by atoms with van der Waals surface area (Å²) in [5, 5.41) is 6.87. The Kier molecular flexibility index (Phi) is 2.17. The van der Waals surface area contributed by atoms with Crippen molar-refractivity contribution in [2.24, 2.45) is 0 Å². The van der Waals surface area contributed by atoms with Crippen molar-refractivity contribution >= 4 is 11.6 Å². The molecule has 3 nitrogen and oxygen atoms in total. The number of hydrogen-bond acceptors (Lipinski definition) is 2. The molecular formula is C6H9ClN2O. The summed E-state index contributed by atoms with van der Waals surface area (Å²) in [6.07, 6.45) is 0. The van der Waals surface area contributed by atoms with Crippen molar-refractivity contribution in [1.82, 2.24) is 10.2 Å². The largest absolute Gasteiger partial charge is 0.489 e. The Morgan fingerprint density at radius 1 is 1.70 bits per heavy atom. The molecule has 1 aromatic rings. The van der Waals surface area contributed by atoms with Gasteiger partial charge in [0.25, 0.3) is 0 Å².